The van der Waals surface area contributed by atoms with Gasteiger partial charge in [-0.2, -0.15) is 13.2 Å². The number of carbonyl (C=O) groups excluding carboxylic acids is 1. The largest absolute Gasteiger partial charge is 0.416 e. The van der Waals surface area contributed by atoms with Crippen molar-refractivity contribution in [3.63, 3.8) is 0 Å². The summed E-state index contributed by atoms with van der Waals surface area (Å²) in [6.07, 6.45) is -0.892. The van der Waals surface area contributed by atoms with E-state index >= 15 is 0 Å². The van der Waals surface area contributed by atoms with Gasteiger partial charge in [-0.1, -0.05) is 62.4 Å². The minimum atomic E-state index is -4.40. The van der Waals surface area contributed by atoms with Crippen molar-refractivity contribution in [3.8, 4) is 11.1 Å². The number of carbonyl (C=O) groups is 1. The lowest BCUT2D eigenvalue weighted by molar-refractivity contribution is -0.137. The molecule has 0 saturated carbocycles. The average molecular weight is 680 g/mol. The van der Waals surface area contributed by atoms with Crippen LogP contribution in [0.15, 0.2) is 77.6 Å². The number of fused-ring (bicyclic) bond motifs is 1. The van der Waals surface area contributed by atoms with Crippen LogP contribution in [0.4, 0.5) is 22.0 Å². The summed E-state index contributed by atoms with van der Waals surface area (Å²) in [4.78, 5) is 31.4. The van der Waals surface area contributed by atoms with Crippen molar-refractivity contribution in [1.82, 2.24) is 14.4 Å². The Morgan fingerprint density at radius 1 is 0.837 bits per heavy atom. The van der Waals surface area contributed by atoms with Gasteiger partial charge >= 0.3 is 6.18 Å². The molecule has 5 rings (SSSR count). The number of alkyl halides is 3. The molecule has 0 radical (unpaired) electrons. The molecule has 1 aliphatic rings. The SMILES string of the molecule is CCN(CC)CCN(Cc1ccc(-c2ccc(C(F)(F)F)cc2)cc1)C(=O)Cn1c(CCc2cccc(F)c2F)cc(=O)c2c1CCCC2. The maximum atomic E-state index is 14.5. The van der Waals surface area contributed by atoms with E-state index in [2.05, 4.69) is 18.7 Å². The monoisotopic (exact) mass is 679 g/mol. The summed E-state index contributed by atoms with van der Waals surface area (Å²) < 4.78 is 69.5. The Morgan fingerprint density at radius 2 is 1.49 bits per heavy atom. The normalized spacial score (nSPS) is 13.1. The topological polar surface area (TPSA) is 45.5 Å². The molecule has 1 heterocycles. The van der Waals surface area contributed by atoms with Gasteiger partial charge < -0.3 is 14.4 Å². The average Bonchev–Trinajstić information content (AvgIpc) is 3.10. The van der Waals surface area contributed by atoms with Crippen molar-refractivity contribution in [1.29, 1.82) is 0 Å². The molecule has 10 heteroatoms. The highest BCUT2D eigenvalue weighted by Gasteiger charge is 2.30. The number of nitrogens with zero attached hydrogens (tertiary/aromatic N) is 3. The van der Waals surface area contributed by atoms with Crippen molar-refractivity contribution in [2.45, 2.75) is 71.6 Å². The second-order valence-electron chi connectivity index (χ2n) is 12.5. The van der Waals surface area contributed by atoms with Gasteiger partial charge in [-0.05, 0) is 92.1 Å². The van der Waals surface area contributed by atoms with Gasteiger partial charge in [0, 0.05) is 42.7 Å². The summed E-state index contributed by atoms with van der Waals surface area (Å²) in [5.41, 5.74) is 3.88. The summed E-state index contributed by atoms with van der Waals surface area (Å²) >= 11 is 0. The van der Waals surface area contributed by atoms with E-state index in [4.69, 9.17) is 0 Å². The maximum absolute atomic E-state index is 14.5. The van der Waals surface area contributed by atoms with Gasteiger partial charge in [0.05, 0.1) is 5.56 Å². The molecule has 1 aliphatic carbocycles. The van der Waals surface area contributed by atoms with Crippen LogP contribution >= 0.6 is 0 Å². The zero-order valence-electron chi connectivity index (χ0n) is 28.0. The fourth-order valence-electron chi connectivity index (χ4n) is 6.55. The lowest BCUT2D eigenvalue weighted by atomic mass is 9.94. The number of benzene rings is 3. The van der Waals surface area contributed by atoms with E-state index in [1.165, 1.54) is 24.3 Å². The number of aromatic nitrogens is 1. The molecule has 0 bridgehead atoms. The molecule has 0 unspecified atom stereocenters. The molecule has 49 heavy (non-hydrogen) atoms. The highest BCUT2D eigenvalue weighted by Crippen LogP contribution is 2.31. The van der Waals surface area contributed by atoms with E-state index in [-0.39, 0.29) is 36.3 Å². The first-order valence-electron chi connectivity index (χ1n) is 16.9. The van der Waals surface area contributed by atoms with Crippen molar-refractivity contribution >= 4 is 5.91 Å². The number of pyridine rings is 1. The maximum Gasteiger partial charge on any atom is 0.416 e. The molecule has 1 aromatic heterocycles. The molecule has 260 valence electrons. The minimum absolute atomic E-state index is 0.00542. The number of rotatable bonds is 13. The van der Waals surface area contributed by atoms with E-state index in [1.807, 2.05) is 28.8 Å². The molecule has 3 aromatic carbocycles. The van der Waals surface area contributed by atoms with Crippen LogP contribution in [0.2, 0.25) is 0 Å². The standard InChI is InChI=1S/C39H42F5N3O2/c1-3-45(4-2)22-23-46(25-27-12-14-28(15-13-27)29-16-19-31(20-17-29)39(42,43)44)37(49)26-47-32(21-18-30-8-7-10-34(40)38(30)41)24-36(48)33-9-5-6-11-35(33)47/h7-8,10,12-17,19-20,24H,3-6,9,11,18,21-23,25-26H2,1-2H3. The Bertz CT molecular complexity index is 1800. The molecule has 0 N–H and O–H groups in total. The van der Waals surface area contributed by atoms with Crippen molar-refractivity contribution in [3.05, 3.63) is 128 Å². The fourth-order valence-corrected chi connectivity index (χ4v) is 6.55. The predicted octanol–water partition coefficient (Wildman–Crippen LogP) is 7.85. The van der Waals surface area contributed by atoms with Gasteiger partial charge in [0.1, 0.15) is 6.54 Å². The highest BCUT2D eigenvalue weighted by atomic mass is 19.4. The van der Waals surface area contributed by atoms with E-state index in [0.717, 1.165) is 61.0 Å². The summed E-state index contributed by atoms with van der Waals surface area (Å²) in [5.74, 6) is -1.96. The zero-order valence-corrected chi connectivity index (χ0v) is 28.0. The molecule has 4 aromatic rings. The van der Waals surface area contributed by atoms with Crippen LogP contribution in [-0.4, -0.2) is 46.5 Å². The van der Waals surface area contributed by atoms with Gasteiger partial charge in [-0.15, -0.1) is 0 Å². The third kappa shape index (κ3) is 8.84. The molecule has 0 fully saturated rings. The van der Waals surface area contributed by atoms with Gasteiger partial charge in [-0.3, -0.25) is 9.59 Å². The third-order valence-electron chi connectivity index (χ3n) is 9.49. The molecule has 0 atom stereocenters. The first-order valence-corrected chi connectivity index (χ1v) is 16.9. The van der Waals surface area contributed by atoms with Crippen LogP contribution in [0.5, 0.6) is 0 Å². The zero-order chi connectivity index (χ0) is 35.1. The summed E-state index contributed by atoms with van der Waals surface area (Å²) in [5, 5.41) is 0. The molecular formula is C39H42F5N3O2. The van der Waals surface area contributed by atoms with Gasteiger partial charge in [0.15, 0.2) is 17.1 Å². The van der Waals surface area contributed by atoms with E-state index in [9.17, 15) is 31.5 Å². The second-order valence-corrected chi connectivity index (χ2v) is 12.5. The molecule has 0 spiro atoms. The Labute approximate surface area is 284 Å². The number of hydrogen-bond donors (Lipinski definition) is 0. The van der Waals surface area contributed by atoms with Crippen molar-refractivity contribution in [2.24, 2.45) is 0 Å². The van der Waals surface area contributed by atoms with Crippen molar-refractivity contribution < 1.29 is 26.7 Å². The lowest BCUT2D eigenvalue weighted by Crippen LogP contribution is -2.41. The van der Waals surface area contributed by atoms with E-state index in [1.54, 1.807) is 11.0 Å². The Balaban J connectivity index is 1.40. The van der Waals surface area contributed by atoms with Crippen LogP contribution in [-0.2, 0) is 49.7 Å². The third-order valence-corrected chi connectivity index (χ3v) is 9.49. The first kappa shape index (κ1) is 36.0. The Morgan fingerprint density at radius 3 is 2.14 bits per heavy atom. The Hall–Kier alpha value is -4.31. The van der Waals surface area contributed by atoms with Gasteiger partial charge in [0.25, 0.3) is 0 Å². The highest BCUT2D eigenvalue weighted by molar-refractivity contribution is 5.76. The van der Waals surface area contributed by atoms with Crippen LogP contribution in [0.25, 0.3) is 11.1 Å². The second kappa shape index (κ2) is 15.9. The van der Waals surface area contributed by atoms with Crippen LogP contribution in [0.1, 0.15) is 60.3 Å². The van der Waals surface area contributed by atoms with E-state index < -0.39 is 23.4 Å². The molecule has 5 nitrogen and oxygen atoms in total. The number of halogens is 5. The Kier molecular flexibility index (Phi) is 11.7. The lowest BCUT2D eigenvalue weighted by Gasteiger charge is -2.29. The first-order chi connectivity index (χ1) is 23.5. The van der Waals surface area contributed by atoms with Crippen LogP contribution < -0.4 is 5.43 Å². The molecule has 0 saturated heterocycles. The molecular weight excluding hydrogens is 637 g/mol. The number of likely N-dealkylation sites (N-methyl/N-ethyl adjacent to an activating group) is 1. The molecule has 0 aliphatic heterocycles. The fraction of sp³-hybridized carbons (Fsp3) is 0.385. The summed E-state index contributed by atoms with van der Waals surface area (Å²) in [6.45, 7) is 7.24. The quantitative estimate of drug-likeness (QED) is 0.135. The number of hydrogen-bond acceptors (Lipinski definition) is 3. The predicted molar refractivity (Wildman–Crippen MR) is 181 cm³/mol. The van der Waals surface area contributed by atoms with Crippen molar-refractivity contribution in [2.75, 3.05) is 26.2 Å². The van der Waals surface area contributed by atoms with Gasteiger partial charge in [0.2, 0.25) is 5.91 Å². The molecule has 1 amide bonds. The van der Waals surface area contributed by atoms with Gasteiger partial charge in [-0.25, -0.2) is 8.78 Å². The minimum Gasteiger partial charge on any atom is -0.339 e. The summed E-state index contributed by atoms with van der Waals surface area (Å²) in [7, 11) is 0. The number of aryl methyl sites for hydroxylation is 2. The number of amides is 1. The van der Waals surface area contributed by atoms with E-state index in [0.29, 0.717) is 49.3 Å². The van der Waals surface area contributed by atoms with Crippen LogP contribution in [0.3, 0.4) is 0 Å². The van der Waals surface area contributed by atoms with Crippen LogP contribution in [0, 0.1) is 11.6 Å². The summed E-state index contributed by atoms with van der Waals surface area (Å²) in [6, 6.07) is 18.1. The smallest absolute Gasteiger partial charge is 0.339 e.